The zero-order chi connectivity index (χ0) is 13.8. The fraction of sp³-hybridized carbons (Fsp3) is 0.818. The van der Waals surface area contributed by atoms with Crippen LogP contribution < -0.4 is 0 Å². The van der Waals surface area contributed by atoms with Gasteiger partial charge in [-0.2, -0.15) is 0 Å². The molecule has 0 unspecified atom stereocenters. The maximum absolute atomic E-state index is 11.4. The highest BCUT2D eigenvalue weighted by Crippen LogP contribution is 2.44. The Morgan fingerprint density at radius 3 is 2.50 bits per heavy atom. The number of nitrogens with zero attached hydrogens (tertiary/aromatic N) is 1. The van der Waals surface area contributed by atoms with E-state index in [0.717, 1.165) is 0 Å². The summed E-state index contributed by atoms with van der Waals surface area (Å²) in [5, 5.41) is 11.0. The van der Waals surface area contributed by atoms with Crippen molar-refractivity contribution in [3.05, 3.63) is 10.1 Å². The van der Waals surface area contributed by atoms with E-state index in [4.69, 9.17) is 4.74 Å². The van der Waals surface area contributed by atoms with E-state index in [-0.39, 0.29) is 32.3 Å². The molecule has 0 spiro atoms. The molecule has 0 saturated heterocycles. The normalized spacial score (nSPS) is 26.0. The molecule has 0 atom stereocenters. The molecule has 1 saturated carbocycles. The first-order valence-corrected chi connectivity index (χ1v) is 5.83. The highest BCUT2D eigenvalue weighted by atomic mass is 16.6. The van der Waals surface area contributed by atoms with Gasteiger partial charge in [-0.05, 0) is 6.92 Å². The number of hydrogen-bond donors (Lipinski definition) is 0. The molecule has 7 nitrogen and oxygen atoms in total. The highest BCUT2D eigenvalue weighted by Gasteiger charge is 2.57. The average Bonchev–Trinajstić information content (AvgIpc) is 2.26. The molecule has 18 heavy (non-hydrogen) atoms. The zero-order valence-corrected chi connectivity index (χ0v) is 10.5. The predicted molar refractivity (Wildman–Crippen MR) is 60.3 cm³/mol. The Hall–Kier alpha value is -1.66. The third kappa shape index (κ3) is 2.96. The molecule has 1 rings (SSSR count). The first-order chi connectivity index (χ1) is 8.45. The van der Waals surface area contributed by atoms with Gasteiger partial charge >= 0.3 is 11.9 Å². The lowest BCUT2D eigenvalue weighted by molar-refractivity contribution is -0.590. The number of ether oxygens (including phenoxy) is 2. The Morgan fingerprint density at radius 2 is 2.06 bits per heavy atom. The van der Waals surface area contributed by atoms with Crippen molar-refractivity contribution >= 4 is 11.9 Å². The number of carbonyl (C=O) groups excluding carboxylic acids is 2. The van der Waals surface area contributed by atoms with Crippen LogP contribution in [0.2, 0.25) is 0 Å². The molecule has 1 aliphatic rings. The number of esters is 2. The summed E-state index contributed by atoms with van der Waals surface area (Å²) in [5.41, 5.74) is -1.17. The lowest BCUT2D eigenvalue weighted by Gasteiger charge is -2.38. The van der Waals surface area contributed by atoms with Crippen LogP contribution in [-0.4, -0.2) is 36.1 Å². The molecule has 0 amide bonds. The van der Waals surface area contributed by atoms with E-state index < -0.39 is 28.3 Å². The van der Waals surface area contributed by atoms with Crippen molar-refractivity contribution in [2.45, 2.75) is 38.1 Å². The van der Waals surface area contributed by atoms with E-state index in [1.165, 1.54) is 7.11 Å². The fourth-order valence-corrected chi connectivity index (χ4v) is 2.17. The van der Waals surface area contributed by atoms with Gasteiger partial charge in [-0.1, -0.05) is 0 Å². The van der Waals surface area contributed by atoms with Crippen molar-refractivity contribution in [1.82, 2.24) is 0 Å². The Labute approximate surface area is 105 Å². The summed E-state index contributed by atoms with van der Waals surface area (Å²) in [6.07, 6.45) is 0.362. The Kier molecular flexibility index (Phi) is 4.63. The summed E-state index contributed by atoms with van der Waals surface area (Å²) < 4.78 is 9.27. The van der Waals surface area contributed by atoms with Gasteiger partial charge in [-0.15, -0.1) is 0 Å². The van der Waals surface area contributed by atoms with Crippen molar-refractivity contribution in [2.24, 2.45) is 5.92 Å². The maximum Gasteiger partial charge on any atom is 0.309 e. The smallest absolute Gasteiger partial charge is 0.309 e. The molecule has 1 fully saturated rings. The van der Waals surface area contributed by atoms with Crippen LogP contribution in [0.15, 0.2) is 0 Å². The first kappa shape index (κ1) is 14.4. The molecule has 0 aliphatic heterocycles. The van der Waals surface area contributed by atoms with Crippen molar-refractivity contribution in [2.75, 3.05) is 13.7 Å². The van der Waals surface area contributed by atoms with Crippen molar-refractivity contribution in [3.8, 4) is 0 Å². The number of nitro groups is 1. The van der Waals surface area contributed by atoms with E-state index in [1.807, 2.05) is 0 Å². The molecule has 0 aromatic rings. The van der Waals surface area contributed by atoms with Gasteiger partial charge < -0.3 is 9.47 Å². The predicted octanol–water partition coefficient (Wildman–Crippen LogP) is 0.928. The van der Waals surface area contributed by atoms with E-state index in [9.17, 15) is 19.7 Å². The van der Waals surface area contributed by atoms with Crippen molar-refractivity contribution < 1.29 is 24.0 Å². The molecule has 1 aliphatic carbocycles. The van der Waals surface area contributed by atoms with E-state index in [2.05, 4.69) is 4.74 Å². The van der Waals surface area contributed by atoms with Gasteiger partial charge in [-0.3, -0.25) is 19.7 Å². The number of rotatable bonds is 6. The fourth-order valence-electron chi connectivity index (χ4n) is 2.17. The van der Waals surface area contributed by atoms with E-state index in [0.29, 0.717) is 0 Å². The van der Waals surface area contributed by atoms with Crippen LogP contribution in [0, 0.1) is 16.0 Å². The lowest BCUT2D eigenvalue weighted by Crippen LogP contribution is -2.53. The molecular weight excluding hydrogens is 242 g/mol. The van der Waals surface area contributed by atoms with Crippen LogP contribution in [0.25, 0.3) is 0 Å². The van der Waals surface area contributed by atoms with Gasteiger partial charge in [0.05, 0.1) is 26.1 Å². The molecule has 0 radical (unpaired) electrons. The summed E-state index contributed by atoms with van der Waals surface area (Å²) in [4.78, 5) is 33.0. The molecule has 0 bridgehead atoms. The average molecular weight is 259 g/mol. The van der Waals surface area contributed by atoms with Gasteiger partial charge in [0.1, 0.15) is 0 Å². The largest absolute Gasteiger partial charge is 0.469 e. The second-order valence-electron chi connectivity index (χ2n) is 4.41. The zero-order valence-electron chi connectivity index (χ0n) is 10.5. The number of carbonyl (C=O) groups is 2. The summed E-state index contributed by atoms with van der Waals surface area (Å²) in [6.45, 7) is 1.96. The molecule has 0 aromatic heterocycles. The van der Waals surface area contributed by atoms with Gasteiger partial charge in [-0.25, -0.2) is 0 Å². The van der Waals surface area contributed by atoms with E-state index >= 15 is 0 Å². The molecule has 0 heterocycles. The lowest BCUT2D eigenvalue weighted by atomic mass is 9.66. The van der Waals surface area contributed by atoms with Gasteiger partial charge in [0.25, 0.3) is 0 Å². The Bertz CT molecular complexity index is 347. The molecule has 102 valence electrons. The van der Waals surface area contributed by atoms with Crippen LogP contribution in [0.4, 0.5) is 0 Å². The summed E-state index contributed by atoms with van der Waals surface area (Å²) >= 11 is 0. The van der Waals surface area contributed by atoms with Crippen LogP contribution in [0.5, 0.6) is 0 Å². The van der Waals surface area contributed by atoms with Crippen molar-refractivity contribution in [3.63, 3.8) is 0 Å². The third-order valence-electron chi connectivity index (χ3n) is 3.28. The topological polar surface area (TPSA) is 95.7 Å². The minimum Gasteiger partial charge on any atom is -0.469 e. The minimum absolute atomic E-state index is 0.00692. The van der Waals surface area contributed by atoms with Crippen LogP contribution in [0.3, 0.4) is 0 Å². The quantitative estimate of drug-likeness (QED) is 0.400. The molecule has 0 aromatic carbocycles. The van der Waals surface area contributed by atoms with Gasteiger partial charge in [0.15, 0.2) is 0 Å². The summed E-state index contributed by atoms with van der Waals surface area (Å²) in [5.74, 6) is -1.29. The summed E-state index contributed by atoms with van der Waals surface area (Å²) in [6, 6.07) is 0. The van der Waals surface area contributed by atoms with E-state index in [1.54, 1.807) is 6.92 Å². The number of hydrogen-bond acceptors (Lipinski definition) is 6. The van der Waals surface area contributed by atoms with Crippen molar-refractivity contribution in [1.29, 1.82) is 0 Å². The second kappa shape index (κ2) is 5.79. The van der Waals surface area contributed by atoms with Crippen LogP contribution in [-0.2, 0) is 19.1 Å². The molecule has 0 N–H and O–H groups in total. The maximum atomic E-state index is 11.4. The summed E-state index contributed by atoms with van der Waals surface area (Å²) in [7, 11) is 1.24. The molecule has 7 heteroatoms. The second-order valence-corrected chi connectivity index (χ2v) is 4.41. The van der Waals surface area contributed by atoms with Crippen LogP contribution >= 0.6 is 0 Å². The SMILES string of the molecule is CCOC(=O)C1CC(CCC(=O)OC)([N+](=O)[O-])C1. The molecular formula is C11H17NO6. The van der Waals surface area contributed by atoms with Crippen LogP contribution in [0.1, 0.15) is 32.6 Å². The third-order valence-corrected chi connectivity index (χ3v) is 3.28. The Morgan fingerprint density at radius 1 is 1.44 bits per heavy atom. The van der Waals surface area contributed by atoms with Gasteiger partial charge in [0, 0.05) is 24.2 Å². The minimum atomic E-state index is -1.17. The highest BCUT2D eigenvalue weighted by molar-refractivity contribution is 5.74. The monoisotopic (exact) mass is 259 g/mol. The first-order valence-electron chi connectivity index (χ1n) is 5.83. The number of methoxy groups -OCH3 is 1. The standard InChI is InChI=1S/C11H17NO6/c1-3-18-10(14)8-6-11(7-8,12(15)16)5-4-9(13)17-2/h8H,3-7H2,1-2H3. The van der Waals surface area contributed by atoms with Gasteiger partial charge in [0.2, 0.25) is 5.54 Å². The Balaban J connectivity index is 2.52.